The molecule has 0 aromatic heterocycles. The van der Waals surface area contributed by atoms with Gasteiger partial charge >= 0.3 is 0 Å². The summed E-state index contributed by atoms with van der Waals surface area (Å²) in [5.74, 6) is -4.11. The highest BCUT2D eigenvalue weighted by Crippen LogP contribution is 2.24. The Hall–Kier alpha value is -2.01. The van der Waals surface area contributed by atoms with Crippen LogP contribution in [0.1, 0.15) is 15.9 Å². The number of rotatable bonds is 2. The Labute approximate surface area is 111 Å². The summed E-state index contributed by atoms with van der Waals surface area (Å²) < 4.78 is 39.5. The van der Waals surface area contributed by atoms with Crippen molar-refractivity contribution < 1.29 is 18.0 Å². The number of halogens is 4. The van der Waals surface area contributed by atoms with E-state index in [2.05, 4.69) is 0 Å². The van der Waals surface area contributed by atoms with Crippen LogP contribution in [-0.2, 0) is 0 Å². The van der Waals surface area contributed by atoms with Crippen molar-refractivity contribution in [2.45, 2.75) is 0 Å². The normalized spacial score (nSPS) is 10.5. The lowest BCUT2D eigenvalue weighted by Gasteiger charge is -2.06. The van der Waals surface area contributed by atoms with Crippen LogP contribution in [0.4, 0.5) is 18.9 Å². The van der Waals surface area contributed by atoms with Crippen molar-refractivity contribution in [1.29, 1.82) is 0 Å². The van der Waals surface area contributed by atoms with Crippen molar-refractivity contribution >= 4 is 23.1 Å². The molecule has 0 atom stereocenters. The SMILES string of the molecule is Nc1ccc(F)c(C(=O)c2cc(F)c(F)cc2Cl)c1. The minimum atomic E-state index is -1.24. The van der Waals surface area contributed by atoms with Crippen LogP contribution in [0.15, 0.2) is 30.3 Å². The maximum absolute atomic E-state index is 13.5. The quantitative estimate of drug-likeness (QED) is 0.521. The predicted octanol–water partition coefficient (Wildman–Crippen LogP) is 3.57. The van der Waals surface area contributed by atoms with E-state index < -0.39 is 23.2 Å². The number of benzene rings is 2. The highest BCUT2D eigenvalue weighted by atomic mass is 35.5. The fourth-order valence-electron chi connectivity index (χ4n) is 1.56. The molecule has 0 radical (unpaired) electrons. The van der Waals surface area contributed by atoms with E-state index in [4.69, 9.17) is 17.3 Å². The zero-order chi connectivity index (χ0) is 14.2. The minimum Gasteiger partial charge on any atom is -0.399 e. The Bertz CT molecular complexity index is 673. The van der Waals surface area contributed by atoms with E-state index in [1.165, 1.54) is 6.07 Å². The fourth-order valence-corrected chi connectivity index (χ4v) is 1.79. The van der Waals surface area contributed by atoms with Gasteiger partial charge in [-0.2, -0.15) is 0 Å². The van der Waals surface area contributed by atoms with E-state index in [1.54, 1.807) is 0 Å². The van der Waals surface area contributed by atoms with E-state index in [0.717, 1.165) is 12.1 Å². The van der Waals surface area contributed by atoms with Gasteiger partial charge in [0.1, 0.15) is 5.82 Å². The molecule has 0 aliphatic heterocycles. The third-order valence-corrected chi connectivity index (χ3v) is 2.80. The van der Waals surface area contributed by atoms with Gasteiger partial charge in [-0.25, -0.2) is 13.2 Å². The summed E-state index contributed by atoms with van der Waals surface area (Å²) in [6, 6.07) is 4.68. The summed E-state index contributed by atoms with van der Waals surface area (Å²) in [7, 11) is 0. The van der Waals surface area contributed by atoms with Crippen LogP contribution in [0, 0.1) is 17.5 Å². The highest BCUT2D eigenvalue weighted by molar-refractivity contribution is 6.35. The van der Waals surface area contributed by atoms with Crippen molar-refractivity contribution in [2.24, 2.45) is 0 Å². The molecule has 0 unspecified atom stereocenters. The van der Waals surface area contributed by atoms with Gasteiger partial charge in [0, 0.05) is 11.3 Å². The Morgan fingerprint density at radius 2 is 1.58 bits per heavy atom. The molecule has 2 nitrogen and oxygen atoms in total. The molecular formula is C13H7ClF3NO. The summed E-state index contributed by atoms with van der Waals surface area (Å²) in [6.07, 6.45) is 0. The lowest BCUT2D eigenvalue weighted by Crippen LogP contribution is -2.07. The number of ketones is 1. The highest BCUT2D eigenvalue weighted by Gasteiger charge is 2.19. The van der Waals surface area contributed by atoms with Crippen molar-refractivity contribution in [3.63, 3.8) is 0 Å². The molecule has 19 heavy (non-hydrogen) atoms. The van der Waals surface area contributed by atoms with Crippen molar-refractivity contribution in [3.8, 4) is 0 Å². The number of hydrogen-bond acceptors (Lipinski definition) is 2. The molecule has 0 bridgehead atoms. The standard InChI is InChI=1S/C13H7ClF3NO/c14-9-5-12(17)11(16)4-7(9)13(19)8-3-6(18)1-2-10(8)15/h1-5H,18H2. The van der Waals surface area contributed by atoms with E-state index in [-0.39, 0.29) is 21.8 Å². The molecule has 2 aromatic rings. The van der Waals surface area contributed by atoms with E-state index in [9.17, 15) is 18.0 Å². The first-order valence-electron chi connectivity index (χ1n) is 5.14. The van der Waals surface area contributed by atoms with E-state index in [0.29, 0.717) is 12.1 Å². The summed E-state index contributed by atoms with van der Waals surface area (Å²) >= 11 is 5.66. The lowest BCUT2D eigenvalue weighted by molar-refractivity contribution is 0.103. The molecule has 98 valence electrons. The minimum absolute atomic E-state index is 0.170. The molecule has 0 spiro atoms. The van der Waals surface area contributed by atoms with Gasteiger partial charge in [-0.3, -0.25) is 4.79 Å². The second-order valence-corrected chi connectivity index (χ2v) is 4.22. The second-order valence-electron chi connectivity index (χ2n) is 3.81. The number of carbonyl (C=O) groups is 1. The van der Waals surface area contributed by atoms with Gasteiger partial charge < -0.3 is 5.73 Å². The Morgan fingerprint density at radius 1 is 0.947 bits per heavy atom. The number of hydrogen-bond donors (Lipinski definition) is 1. The molecule has 0 saturated carbocycles. The van der Waals surface area contributed by atoms with Gasteiger partial charge in [-0.1, -0.05) is 11.6 Å². The van der Waals surface area contributed by atoms with Gasteiger partial charge in [0.25, 0.3) is 0 Å². The lowest BCUT2D eigenvalue weighted by atomic mass is 10.0. The van der Waals surface area contributed by atoms with Crippen LogP contribution in [0.25, 0.3) is 0 Å². The van der Waals surface area contributed by atoms with Crippen molar-refractivity contribution in [3.05, 3.63) is 63.9 Å². The van der Waals surface area contributed by atoms with Crippen LogP contribution in [0.3, 0.4) is 0 Å². The van der Waals surface area contributed by atoms with Crippen molar-refractivity contribution in [2.75, 3.05) is 5.73 Å². The first kappa shape index (κ1) is 13.4. The largest absolute Gasteiger partial charge is 0.399 e. The molecule has 0 aliphatic carbocycles. The van der Waals surface area contributed by atoms with Gasteiger partial charge in [0.2, 0.25) is 0 Å². The molecule has 2 aromatic carbocycles. The summed E-state index contributed by atoms with van der Waals surface area (Å²) in [4.78, 5) is 12.0. The monoisotopic (exact) mass is 285 g/mol. The third-order valence-electron chi connectivity index (χ3n) is 2.49. The molecule has 2 N–H and O–H groups in total. The van der Waals surface area contributed by atoms with Crippen LogP contribution < -0.4 is 5.73 Å². The molecule has 0 aliphatic rings. The number of carbonyl (C=O) groups excluding carboxylic acids is 1. The first-order chi connectivity index (χ1) is 8.90. The van der Waals surface area contributed by atoms with Crippen LogP contribution in [0.2, 0.25) is 5.02 Å². The summed E-state index contributed by atoms with van der Waals surface area (Å²) in [5, 5.41) is -0.300. The maximum atomic E-state index is 13.5. The predicted molar refractivity (Wildman–Crippen MR) is 65.6 cm³/mol. The summed E-state index contributed by atoms with van der Waals surface area (Å²) in [5.41, 5.74) is 4.94. The average Bonchev–Trinajstić information content (AvgIpc) is 2.36. The second kappa shape index (κ2) is 4.93. The molecule has 0 saturated heterocycles. The van der Waals surface area contributed by atoms with Gasteiger partial charge in [0.05, 0.1) is 10.6 Å². The van der Waals surface area contributed by atoms with Crippen LogP contribution in [-0.4, -0.2) is 5.78 Å². The fraction of sp³-hybridized carbons (Fsp3) is 0. The van der Waals surface area contributed by atoms with E-state index >= 15 is 0 Å². The number of anilines is 1. The Kier molecular flexibility index (Phi) is 3.48. The van der Waals surface area contributed by atoms with Crippen LogP contribution >= 0.6 is 11.6 Å². The zero-order valence-corrected chi connectivity index (χ0v) is 10.1. The van der Waals surface area contributed by atoms with Gasteiger partial charge in [-0.15, -0.1) is 0 Å². The Balaban J connectivity index is 2.56. The van der Waals surface area contributed by atoms with Crippen LogP contribution in [0.5, 0.6) is 0 Å². The maximum Gasteiger partial charge on any atom is 0.197 e. The Morgan fingerprint density at radius 3 is 2.26 bits per heavy atom. The van der Waals surface area contributed by atoms with Gasteiger partial charge in [0.15, 0.2) is 17.4 Å². The number of nitrogens with two attached hydrogens (primary N) is 1. The number of nitrogen functional groups attached to an aromatic ring is 1. The first-order valence-corrected chi connectivity index (χ1v) is 5.52. The molecule has 0 heterocycles. The molecular weight excluding hydrogens is 279 g/mol. The smallest absolute Gasteiger partial charge is 0.197 e. The van der Waals surface area contributed by atoms with Crippen molar-refractivity contribution in [1.82, 2.24) is 0 Å². The molecule has 0 fully saturated rings. The summed E-state index contributed by atoms with van der Waals surface area (Å²) in [6.45, 7) is 0. The molecule has 6 heteroatoms. The zero-order valence-electron chi connectivity index (χ0n) is 9.38. The van der Waals surface area contributed by atoms with Gasteiger partial charge in [-0.05, 0) is 30.3 Å². The molecule has 0 amide bonds. The topological polar surface area (TPSA) is 43.1 Å². The molecule has 2 rings (SSSR count). The average molecular weight is 286 g/mol. The third kappa shape index (κ3) is 2.56. The van der Waals surface area contributed by atoms with E-state index in [1.807, 2.05) is 0 Å².